The van der Waals surface area contributed by atoms with E-state index in [1.165, 1.54) is 11.6 Å². The largest absolute Gasteiger partial charge is 1.00 e. The van der Waals surface area contributed by atoms with E-state index in [0.717, 1.165) is 28.9 Å². The molecule has 0 fully saturated rings. The highest BCUT2D eigenvalue weighted by Gasteiger charge is 2.20. The second-order valence-corrected chi connectivity index (χ2v) is 7.92. The first-order chi connectivity index (χ1) is 14.9. The lowest BCUT2D eigenvalue weighted by atomic mass is 10.0. The number of aromatic nitrogens is 4. The van der Waals surface area contributed by atoms with Crippen molar-refractivity contribution in [2.75, 3.05) is 6.54 Å². The van der Waals surface area contributed by atoms with Crippen LogP contribution >= 0.6 is 0 Å². The Morgan fingerprint density at radius 3 is 2.50 bits per heavy atom. The van der Waals surface area contributed by atoms with E-state index < -0.39 is 6.10 Å². The van der Waals surface area contributed by atoms with Gasteiger partial charge < -0.3 is 27.4 Å². The number of benzene rings is 1. The highest BCUT2D eigenvalue weighted by Crippen LogP contribution is 2.14. The van der Waals surface area contributed by atoms with Crippen LogP contribution in [0.4, 0.5) is 0 Å². The second kappa shape index (κ2) is 11.3. The van der Waals surface area contributed by atoms with E-state index in [0.29, 0.717) is 24.1 Å². The van der Waals surface area contributed by atoms with Gasteiger partial charge in [0.2, 0.25) is 0 Å². The average Bonchev–Trinajstić information content (AvgIpc) is 3.16. The molecule has 3 aromatic rings. The lowest BCUT2D eigenvalue weighted by molar-refractivity contribution is -0.694. The Kier molecular flexibility index (Phi) is 9.00. The van der Waals surface area contributed by atoms with E-state index >= 15 is 0 Å². The predicted molar refractivity (Wildman–Crippen MR) is 121 cm³/mol. The van der Waals surface area contributed by atoms with Crippen LogP contribution in [0, 0.1) is 0 Å². The lowest BCUT2D eigenvalue weighted by Gasteiger charge is -2.18. The molecule has 0 bridgehead atoms. The topological polar surface area (TPSA) is 98.7 Å². The van der Waals surface area contributed by atoms with Crippen LogP contribution in [0.25, 0.3) is 11.2 Å². The van der Waals surface area contributed by atoms with Crippen molar-refractivity contribution < 1.29 is 22.8 Å². The molecule has 0 aliphatic carbocycles. The zero-order valence-electron chi connectivity index (χ0n) is 19.0. The summed E-state index contributed by atoms with van der Waals surface area (Å²) in [5.41, 5.74) is 1.08. The molecule has 32 heavy (non-hydrogen) atoms. The van der Waals surface area contributed by atoms with Crippen LogP contribution in [0.15, 0.2) is 52.1 Å². The second-order valence-electron chi connectivity index (χ2n) is 7.92. The molecule has 0 saturated carbocycles. The molecule has 2 atom stereocenters. The number of aryl methyl sites for hydroxylation is 2. The minimum Gasteiger partial charge on any atom is -1.00 e. The van der Waals surface area contributed by atoms with Crippen LogP contribution in [0.1, 0.15) is 37.8 Å². The van der Waals surface area contributed by atoms with Crippen LogP contribution in [0.5, 0.6) is 0 Å². The Balaban J connectivity index is 0.00000363. The van der Waals surface area contributed by atoms with Gasteiger partial charge in [-0.3, -0.25) is 13.9 Å². The van der Waals surface area contributed by atoms with Crippen LogP contribution in [-0.4, -0.2) is 36.4 Å². The fraction of sp³-hybridized carbons (Fsp3) is 0.435. The van der Waals surface area contributed by atoms with Gasteiger partial charge in [0.25, 0.3) is 5.56 Å². The maximum absolute atomic E-state index is 12.8. The Bertz CT molecular complexity index is 1180. The molecule has 0 spiro atoms. The number of hydrogen-bond donors (Lipinski definition) is 2. The summed E-state index contributed by atoms with van der Waals surface area (Å²) >= 11 is 0. The van der Waals surface area contributed by atoms with E-state index in [1.54, 1.807) is 7.05 Å². The molecule has 2 unspecified atom stereocenters. The number of nitrogens with two attached hydrogens (primary N) is 1. The van der Waals surface area contributed by atoms with Crippen molar-refractivity contribution in [3.63, 3.8) is 0 Å². The van der Waals surface area contributed by atoms with Crippen LogP contribution in [0.2, 0.25) is 0 Å². The van der Waals surface area contributed by atoms with Gasteiger partial charge >= 0.3 is 5.69 Å². The van der Waals surface area contributed by atoms with Crippen LogP contribution < -0.4 is 29.0 Å². The van der Waals surface area contributed by atoms with Gasteiger partial charge in [-0.05, 0) is 19.4 Å². The van der Waals surface area contributed by atoms with Crippen molar-refractivity contribution in [1.82, 2.24) is 18.7 Å². The first-order valence-corrected chi connectivity index (χ1v) is 10.7. The van der Waals surface area contributed by atoms with Crippen molar-refractivity contribution >= 4 is 11.2 Å². The number of fused-ring (bicyclic) bond motifs is 1. The first kappa shape index (κ1) is 25.6. The number of quaternary nitrogens is 1. The molecule has 0 radical (unpaired) electrons. The van der Waals surface area contributed by atoms with Crippen LogP contribution in [0.3, 0.4) is 0 Å². The first-order valence-electron chi connectivity index (χ1n) is 10.7. The summed E-state index contributed by atoms with van der Waals surface area (Å²) in [6.45, 7) is 5.35. The number of imidazole rings is 1. The van der Waals surface area contributed by atoms with Crippen molar-refractivity contribution in [2.24, 2.45) is 14.1 Å². The summed E-state index contributed by atoms with van der Waals surface area (Å²) in [4.78, 5) is 29.7. The van der Waals surface area contributed by atoms with Crippen LogP contribution in [-0.2, 0) is 27.1 Å². The van der Waals surface area contributed by atoms with Gasteiger partial charge in [0.1, 0.15) is 18.0 Å². The number of hydrogen-bond acceptors (Lipinski definition) is 4. The molecule has 3 N–H and O–H groups in total. The molecule has 9 heteroatoms. The number of nitrogens with zero attached hydrogens (tertiary/aromatic N) is 4. The molecule has 0 aliphatic heterocycles. The molecule has 0 aliphatic rings. The highest BCUT2D eigenvalue weighted by atomic mass is 35.5. The Hall–Kier alpha value is -2.68. The van der Waals surface area contributed by atoms with E-state index in [9.17, 15) is 14.7 Å². The monoisotopic (exact) mass is 461 g/mol. The molecular formula is C23H32ClN5O3. The average molecular weight is 462 g/mol. The number of rotatable bonds is 9. The summed E-state index contributed by atoms with van der Waals surface area (Å²) in [5.74, 6) is 0.767. The number of halogens is 1. The van der Waals surface area contributed by atoms with E-state index in [-0.39, 0.29) is 29.7 Å². The van der Waals surface area contributed by atoms with Gasteiger partial charge in [-0.25, -0.2) is 9.78 Å². The SMILES string of the molecule is C/C=C/Cc1nc2c(c(=O)n(C)c(=O)n2C)n1CCC[NH2+]C(C)C(O)c1ccccc1.[Cl-]. The summed E-state index contributed by atoms with van der Waals surface area (Å²) in [6, 6.07) is 9.66. The number of aliphatic hydroxyl groups excluding tert-OH is 1. The standard InChI is InChI=1S/C23H31N5O3.ClH/c1-5-6-13-18-25-21-19(22(30)27(4)23(31)26(21)3)28(18)15-10-14-24-16(2)20(29)17-11-8-7-9-12-17;/h5-9,11-12,16,20,24,29H,10,13-15H2,1-4H3;1H/b6-5+;. The van der Waals surface area contributed by atoms with Gasteiger partial charge in [0.15, 0.2) is 11.2 Å². The van der Waals surface area contributed by atoms with E-state index in [4.69, 9.17) is 0 Å². The van der Waals surface area contributed by atoms with E-state index in [1.807, 2.05) is 60.9 Å². The third-order valence-corrected chi connectivity index (χ3v) is 5.73. The molecule has 174 valence electrons. The highest BCUT2D eigenvalue weighted by molar-refractivity contribution is 5.71. The molecule has 2 heterocycles. The quantitative estimate of drug-likeness (QED) is 0.275. The summed E-state index contributed by atoms with van der Waals surface area (Å²) in [5, 5.41) is 12.7. The third-order valence-electron chi connectivity index (χ3n) is 5.73. The Labute approximate surface area is 193 Å². The van der Waals surface area contributed by atoms with Gasteiger partial charge in [0.05, 0.1) is 6.54 Å². The normalized spacial score (nSPS) is 13.4. The predicted octanol–water partition coefficient (Wildman–Crippen LogP) is -2.37. The molecule has 8 nitrogen and oxygen atoms in total. The maximum atomic E-state index is 12.8. The van der Waals surface area contributed by atoms with Crippen molar-refractivity contribution in [2.45, 2.75) is 45.4 Å². The molecule has 0 amide bonds. The lowest BCUT2D eigenvalue weighted by Crippen LogP contribution is -3.00. The number of allylic oxidation sites excluding steroid dienone is 2. The Morgan fingerprint density at radius 2 is 1.84 bits per heavy atom. The fourth-order valence-corrected chi connectivity index (χ4v) is 3.82. The minimum absolute atomic E-state index is 0. The van der Waals surface area contributed by atoms with E-state index in [2.05, 4.69) is 10.3 Å². The third kappa shape index (κ3) is 5.20. The van der Waals surface area contributed by atoms with Crippen molar-refractivity contribution in [1.29, 1.82) is 0 Å². The van der Waals surface area contributed by atoms with Crippen molar-refractivity contribution in [3.05, 3.63) is 74.7 Å². The minimum atomic E-state index is -0.539. The molecule has 0 saturated heterocycles. The van der Waals surface area contributed by atoms with Gasteiger partial charge in [0, 0.05) is 33.5 Å². The molecule has 2 aromatic heterocycles. The van der Waals surface area contributed by atoms with Gasteiger partial charge in [-0.1, -0.05) is 42.5 Å². The smallest absolute Gasteiger partial charge is 0.332 e. The summed E-state index contributed by atoms with van der Waals surface area (Å²) in [7, 11) is 3.13. The van der Waals surface area contributed by atoms with Crippen molar-refractivity contribution in [3.8, 4) is 0 Å². The van der Waals surface area contributed by atoms with Gasteiger partial charge in [-0.15, -0.1) is 0 Å². The van der Waals surface area contributed by atoms with Gasteiger partial charge in [-0.2, -0.15) is 0 Å². The Morgan fingerprint density at radius 1 is 1.16 bits per heavy atom. The maximum Gasteiger partial charge on any atom is 0.332 e. The zero-order chi connectivity index (χ0) is 22.5. The molecular weight excluding hydrogens is 430 g/mol. The molecule has 3 rings (SSSR count). The number of aliphatic hydroxyl groups is 1. The summed E-state index contributed by atoms with van der Waals surface area (Å²) in [6.07, 6.45) is 4.79. The fourth-order valence-electron chi connectivity index (χ4n) is 3.82. The summed E-state index contributed by atoms with van der Waals surface area (Å²) < 4.78 is 4.49. The zero-order valence-corrected chi connectivity index (χ0v) is 19.8. The molecule has 1 aromatic carbocycles.